The second kappa shape index (κ2) is 12.1. The van der Waals surface area contributed by atoms with Crippen molar-refractivity contribution in [2.24, 2.45) is 23.3 Å². The quantitative estimate of drug-likeness (QED) is 0.201. The van der Waals surface area contributed by atoms with E-state index in [0.29, 0.717) is 53.5 Å². The number of aromatic amines is 3. The van der Waals surface area contributed by atoms with Gasteiger partial charge in [-0.25, -0.2) is 4.79 Å². The summed E-state index contributed by atoms with van der Waals surface area (Å²) in [7, 11) is 0. The minimum Gasteiger partial charge on any atom is -0.368 e. The molecule has 1 saturated carbocycles. The fourth-order valence-corrected chi connectivity index (χ4v) is 5.34. The largest absolute Gasteiger partial charge is 0.368 e. The third-order valence-corrected chi connectivity index (χ3v) is 7.67. The lowest BCUT2D eigenvalue weighted by atomic mass is 9.81. The van der Waals surface area contributed by atoms with Gasteiger partial charge in [0.2, 0.25) is 17.6 Å². The molecule has 7 N–H and O–H groups in total. The van der Waals surface area contributed by atoms with Crippen LogP contribution in [-0.4, -0.2) is 55.0 Å². The van der Waals surface area contributed by atoms with Crippen molar-refractivity contribution in [3.8, 4) is 22.5 Å². The molecule has 41 heavy (non-hydrogen) atoms. The van der Waals surface area contributed by atoms with Gasteiger partial charge in [-0.2, -0.15) is 5.21 Å². The molecule has 2 aromatic heterocycles. The highest BCUT2D eigenvalue weighted by Gasteiger charge is 2.36. The Bertz CT molecular complexity index is 1600. The summed E-state index contributed by atoms with van der Waals surface area (Å²) in [4.78, 5) is 56.7. The van der Waals surface area contributed by atoms with E-state index in [9.17, 15) is 19.2 Å². The lowest BCUT2D eigenvalue weighted by Crippen LogP contribution is -2.52. The Kier molecular flexibility index (Phi) is 8.15. The first-order valence-electron chi connectivity index (χ1n) is 13.4. The lowest BCUT2D eigenvalue weighted by molar-refractivity contribution is -0.127. The summed E-state index contributed by atoms with van der Waals surface area (Å²) >= 11 is 0. The molecule has 4 aromatic rings. The number of carbonyl (C=O) groups is 2. The van der Waals surface area contributed by atoms with Crippen molar-refractivity contribution in [1.82, 2.24) is 30.6 Å². The highest BCUT2D eigenvalue weighted by Crippen LogP contribution is 2.33. The van der Waals surface area contributed by atoms with Gasteiger partial charge in [0.25, 0.3) is 5.56 Å². The molecular formula is C28H31N9O4. The fraction of sp³-hybridized carbons (Fsp3) is 0.321. The molecule has 1 atom stereocenters. The number of anilines is 1. The molecule has 1 aliphatic carbocycles. The average Bonchev–Trinajstić information content (AvgIpc) is 3.53. The molecule has 5 rings (SSSR count). The van der Waals surface area contributed by atoms with Gasteiger partial charge in [0.1, 0.15) is 6.04 Å². The van der Waals surface area contributed by atoms with Crippen molar-refractivity contribution in [2.75, 3.05) is 11.4 Å². The summed E-state index contributed by atoms with van der Waals surface area (Å²) in [6, 6.07) is 13.0. The van der Waals surface area contributed by atoms with Crippen molar-refractivity contribution >= 4 is 17.5 Å². The van der Waals surface area contributed by atoms with E-state index < -0.39 is 23.2 Å². The number of nitrogens with two attached hydrogens (primary N) is 2. The average molecular weight is 558 g/mol. The van der Waals surface area contributed by atoms with Gasteiger partial charge in [-0.15, -0.1) is 10.2 Å². The Hall–Kier alpha value is -4.91. The number of benzene rings is 2. The summed E-state index contributed by atoms with van der Waals surface area (Å²) in [5.74, 6) is -0.263. The first-order valence-corrected chi connectivity index (χ1v) is 13.4. The predicted molar refractivity (Wildman–Crippen MR) is 151 cm³/mol. The van der Waals surface area contributed by atoms with Crippen LogP contribution in [0, 0.1) is 11.8 Å². The topological polar surface area (TPSA) is 210 Å². The fourth-order valence-electron chi connectivity index (χ4n) is 5.34. The van der Waals surface area contributed by atoms with E-state index in [2.05, 4.69) is 30.6 Å². The van der Waals surface area contributed by atoms with Crippen molar-refractivity contribution < 1.29 is 9.59 Å². The number of carbonyl (C=O) groups excluding carboxylic acids is 2. The lowest BCUT2D eigenvalue weighted by Gasteiger charge is -2.35. The summed E-state index contributed by atoms with van der Waals surface area (Å²) in [6.45, 7) is 0.590. The number of rotatable bonds is 9. The molecule has 1 aliphatic rings. The molecule has 0 unspecified atom stereocenters. The minimum atomic E-state index is -0.965. The van der Waals surface area contributed by atoms with E-state index in [1.165, 1.54) is 11.1 Å². The summed E-state index contributed by atoms with van der Waals surface area (Å²) in [5.41, 5.74) is 13.5. The Morgan fingerprint density at radius 2 is 1.66 bits per heavy atom. The van der Waals surface area contributed by atoms with Crippen LogP contribution in [0.15, 0.2) is 64.3 Å². The van der Waals surface area contributed by atoms with Crippen LogP contribution in [0.2, 0.25) is 0 Å². The maximum absolute atomic E-state index is 14.0. The Morgan fingerprint density at radius 1 is 0.976 bits per heavy atom. The molecule has 2 amide bonds. The molecule has 13 heteroatoms. The molecule has 1 fully saturated rings. The number of hydrogen-bond donors (Lipinski definition) is 5. The van der Waals surface area contributed by atoms with Crippen LogP contribution in [0.5, 0.6) is 0 Å². The number of tetrazole rings is 1. The second-order valence-corrected chi connectivity index (χ2v) is 10.2. The zero-order valence-electron chi connectivity index (χ0n) is 22.2. The Labute approximate surface area is 234 Å². The number of nitrogens with one attached hydrogen (secondary N) is 3. The number of H-pyrrole nitrogens is 3. The summed E-state index contributed by atoms with van der Waals surface area (Å²) < 4.78 is 0. The number of primary amides is 1. The molecule has 0 spiro atoms. The van der Waals surface area contributed by atoms with E-state index in [1.807, 2.05) is 0 Å². The van der Waals surface area contributed by atoms with Gasteiger partial charge < -0.3 is 16.5 Å². The van der Waals surface area contributed by atoms with Gasteiger partial charge in [-0.3, -0.25) is 24.3 Å². The van der Waals surface area contributed by atoms with Gasteiger partial charge in [-0.05, 0) is 78.8 Å². The molecular weight excluding hydrogens is 526 g/mol. The van der Waals surface area contributed by atoms with E-state index in [1.54, 1.807) is 48.5 Å². The summed E-state index contributed by atoms with van der Waals surface area (Å²) in [6.07, 6.45) is 4.58. The Balaban J connectivity index is 1.45. The van der Waals surface area contributed by atoms with Crippen LogP contribution in [0.4, 0.5) is 5.69 Å². The highest BCUT2D eigenvalue weighted by atomic mass is 16.2. The maximum atomic E-state index is 14.0. The summed E-state index contributed by atoms with van der Waals surface area (Å²) in [5, 5.41) is 14.0. The molecule has 13 nitrogen and oxygen atoms in total. The highest BCUT2D eigenvalue weighted by molar-refractivity contribution is 6.01. The van der Waals surface area contributed by atoms with Crippen LogP contribution >= 0.6 is 0 Å². The molecule has 0 saturated heterocycles. The zero-order chi connectivity index (χ0) is 28.9. The van der Waals surface area contributed by atoms with Gasteiger partial charge in [0.05, 0.1) is 5.56 Å². The van der Waals surface area contributed by atoms with Crippen LogP contribution < -0.4 is 27.6 Å². The van der Waals surface area contributed by atoms with Gasteiger partial charge in [-0.1, -0.05) is 24.3 Å². The van der Waals surface area contributed by atoms with E-state index in [-0.39, 0.29) is 18.2 Å². The molecule has 2 aromatic carbocycles. The minimum absolute atomic E-state index is 0.159. The van der Waals surface area contributed by atoms with Crippen LogP contribution in [0.1, 0.15) is 31.2 Å². The number of amides is 2. The molecule has 2 heterocycles. The van der Waals surface area contributed by atoms with Crippen molar-refractivity contribution in [2.45, 2.75) is 38.1 Å². The third-order valence-electron chi connectivity index (χ3n) is 7.67. The second-order valence-electron chi connectivity index (χ2n) is 10.2. The smallest absolute Gasteiger partial charge is 0.325 e. The van der Waals surface area contributed by atoms with E-state index in [4.69, 9.17) is 11.5 Å². The maximum Gasteiger partial charge on any atom is 0.325 e. The molecule has 0 aliphatic heterocycles. The van der Waals surface area contributed by atoms with Crippen molar-refractivity contribution in [3.63, 3.8) is 0 Å². The van der Waals surface area contributed by atoms with E-state index in [0.717, 1.165) is 18.4 Å². The van der Waals surface area contributed by atoms with Gasteiger partial charge >= 0.3 is 5.69 Å². The monoisotopic (exact) mass is 557 g/mol. The van der Waals surface area contributed by atoms with Gasteiger partial charge in [0.15, 0.2) is 0 Å². The standard InChI is InChI=1S/C28H31N9O4/c29-14-17-3-7-20(8-4-17)27(40)37(21-11-9-19(10-12-21)25-33-35-36-34-25)23(24(30)38)13-16-1-5-18(6-2-16)22-15-31-28(41)32-26(22)39/h1-2,5-6,9-12,15,17,20,23H,3-4,7-8,13-14,29H2,(H2,30,38)(H2,31,32,39,41)(H,33,34,35,36)/t17?,20?,23-/m0/s1. The number of hydrogen-bond acceptors (Lipinski definition) is 8. The number of nitrogens with zero attached hydrogens (tertiary/aromatic N) is 4. The SMILES string of the molecule is NCC1CCC(C(=O)N(c2ccc(-c3nn[nH]n3)cc2)[C@@H](Cc2ccc(-c3c[nH]c(=O)[nH]c3=O)cc2)C(N)=O)CC1. The first-order chi connectivity index (χ1) is 19.8. The third kappa shape index (κ3) is 6.14. The van der Waals surface area contributed by atoms with Gasteiger partial charge in [0, 0.05) is 29.8 Å². The van der Waals surface area contributed by atoms with Crippen molar-refractivity contribution in [1.29, 1.82) is 0 Å². The molecule has 0 radical (unpaired) electrons. The normalized spacial score (nSPS) is 17.6. The van der Waals surface area contributed by atoms with Crippen molar-refractivity contribution in [3.05, 3.63) is 81.1 Å². The first kappa shape index (κ1) is 27.6. The zero-order valence-corrected chi connectivity index (χ0v) is 22.2. The van der Waals surface area contributed by atoms with E-state index >= 15 is 0 Å². The predicted octanol–water partition coefficient (Wildman–Crippen LogP) is 1.10. The molecule has 0 bridgehead atoms. The van der Waals surface area contributed by atoms with Crippen LogP contribution in [-0.2, 0) is 16.0 Å². The Morgan fingerprint density at radius 3 is 2.24 bits per heavy atom. The molecule has 212 valence electrons. The number of aromatic nitrogens is 6. The van der Waals surface area contributed by atoms with Crippen LogP contribution in [0.3, 0.4) is 0 Å². The van der Waals surface area contributed by atoms with Crippen LogP contribution in [0.25, 0.3) is 22.5 Å².